The van der Waals surface area contributed by atoms with Gasteiger partial charge in [0.2, 0.25) is 0 Å². The molecular formula is C15H21BrN2O2S. The van der Waals surface area contributed by atoms with Crippen LogP contribution in [-0.2, 0) is 11.3 Å². The third-order valence-electron chi connectivity index (χ3n) is 3.50. The topological polar surface area (TPSA) is 33.7 Å². The Balaban J connectivity index is 1.89. The molecule has 21 heavy (non-hydrogen) atoms. The van der Waals surface area contributed by atoms with Gasteiger partial charge in [0, 0.05) is 36.8 Å². The molecule has 4 nitrogen and oxygen atoms in total. The quantitative estimate of drug-likeness (QED) is 0.803. The third kappa shape index (κ3) is 4.83. The lowest BCUT2D eigenvalue weighted by molar-refractivity contribution is 0.113. The number of halogens is 1. The molecule has 1 N–H and O–H groups in total. The molecule has 0 saturated carbocycles. The van der Waals surface area contributed by atoms with Gasteiger partial charge in [-0.05, 0) is 43.3 Å². The molecule has 1 fully saturated rings. The highest BCUT2D eigenvalue weighted by Crippen LogP contribution is 2.24. The summed E-state index contributed by atoms with van der Waals surface area (Å²) >= 11 is 8.92. The molecule has 0 amide bonds. The van der Waals surface area contributed by atoms with E-state index in [-0.39, 0.29) is 6.10 Å². The van der Waals surface area contributed by atoms with Gasteiger partial charge >= 0.3 is 0 Å². The van der Waals surface area contributed by atoms with Gasteiger partial charge in [0.25, 0.3) is 0 Å². The number of methoxy groups -OCH3 is 1. The average molecular weight is 373 g/mol. The summed E-state index contributed by atoms with van der Waals surface area (Å²) in [5.41, 5.74) is 1.09. The van der Waals surface area contributed by atoms with E-state index in [1.165, 1.54) is 0 Å². The van der Waals surface area contributed by atoms with E-state index in [0.717, 1.165) is 46.9 Å². The van der Waals surface area contributed by atoms with Crippen molar-refractivity contribution in [2.45, 2.75) is 25.5 Å². The molecule has 0 radical (unpaired) electrons. The van der Waals surface area contributed by atoms with Crippen LogP contribution in [-0.4, -0.2) is 43.4 Å². The van der Waals surface area contributed by atoms with Crippen LogP contribution < -0.4 is 10.1 Å². The van der Waals surface area contributed by atoms with Crippen molar-refractivity contribution in [3.63, 3.8) is 0 Å². The van der Waals surface area contributed by atoms with Gasteiger partial charge in [-0.15, -0.1) is 0 Å². The van der Waals surface area contributed by atoms with Gasteiger partial charge in [-0.2, -0.15) is 0 Å². The van der Waals surface area contributed by atoms with Crippen LogP contribution >= 0.6 is 28.1 Å². The summed E-state index contributed by atoms with van der Waals surface area (Å²) in [7, 11) is 3.66. The van der Waals surface area contributed by atoms with Crippen LogP contribution in [0.15, 0.2) is 22.7 Å². The van der Waals surface area contributed by atoms with Gasteiger partial charge in [-0.3, -0.25) is 0 Å². The lowest BCUT2D eigenvalue weighted by atomic mass is 10.2. The maximum absolute atomic E-state index is 5.59. The van der Waals surface area contributed by atoms with E-state index in [4.69, 9.17) is 21.7 Å². The predicted octanol–water partition coefficient (Wildman–Crippen LogP) is 2.94. The second-order valence-corrected chi connectivity index (χ2v) is 6.44. The Morgan fingerprint density at radius 2 is 2.38 bits per heavy atom. The molecule has 0 aliphatic carbocycles. The van der Waals surface area contributed by atoms with E-state index >= 15 is 0 Å². The Bertz CT molecular complexity index is 493. The Hall–Kier alpha value is -0.850. The first-order chi connectivity index (χ1) is 10.1. The molecule has 1 atom stereocenters. The van der Waals surface area contributed by atoms with Crippen molar-refractivity contribution >= 4 is 33.3 Å². The zero-order valence-corrected chi connectivity index (χ0v) is 14.8. The molecule has 0 spiro atoms. The van der Waals surface area contributed by atoms with Gasteiger partial charge < -0.3 is 19.7 Å². The molecule has 2 rings (SSSR count). The molecule has 0 unspecified atom stereocenters. The first kappa shape index (κ1) is 16.5. The molecule has 6 heteroatoms. The molecule has 0 aromatic heterocycles. The largest absolute Gasteiger partial charge is 0.496 e. The van der Waals surface area contributed by atoms with E-state index in [1.54, 1.807) is 7.11 Å². The molecule has 1 aromatic carbocycles. The number of ether oxygens (including phenoxy) is 2. The SMILES string of the molecule is COc1ccc(Br)cc1CN(C)C(=S)NC[C@@H]1CCCO1. The fraction of sp³-hybridized carbons (Fsp3) is 0.533. The van der Waals surface area contributed by atoms with Crippen LogP contribution in [0, 0.1) is 0 Å². The van der Waals surface area contributed by atoms with Crippen LogP contribution in [0.3, 0.4) is 0 Å². The summed E-state index contributed by atoms with van der Waals surface area (Å²) in [5, 5.41) is 4.01. The molecule has 1 saturated heterocycles. The lowest BCUT2D eigenvalue weighted by Gasteiger charge is -2.23. The monoisotopic (exact) mass is 372 g/mol. The maximum Gasteiger partial charge on any atom is 0.169 e. The smallest absolute Gasteiger partial charge is 0.169 e. The van der Waals surface area contributed by atoms with Gasteiger partial charge in [0.15, 0.2) is 5.11 Å². The standard InChI is InChI=1S/C15H21BrN2O2S/c1-18(15(21)17-9-13-4-3-7-20-13)10-11-8-12(16)5-6-14(11)19-2/h5-6,8,13H,3-4,7,9-10H2,1-2H3,(H,17,21)/t13-/m0/s1. The highest BCUT2D eigenvalue weighted by atomic mass is 79.9. The van der Waals surface area contributed by atoms with Crippen LogP contribution in [0.25, 0.3) is 0 Å². The third-order valence-corrected chi connectivity index (χ3v) is 4.45. The number of benzene rings is 1. The van der Waals surface area contributed by atoms with Gasteiger partial charge in [0.1, 0.15) is 5.75 Å². The van der Waals surface area contributed by atoms with Crippen molar-refractivity contribution in [3.05, 3.63) is 28.2 Å². The first-order valence-corrected chi connectivity index (χ1v) is 8.23. The Morgan fingerprint density at radius 1 is 1.57 bits per heavy atom. The lowest BCUT2D eigenvalue weighted by Crippen LogP contribution is -2.40. The average Bonchev–Trinajstić information content (AvgIpc) is 2.98. The van der Waals surface area contributed by atoms with Crippen molar-refractivity contribution in [1.29, 1.82) is 0 Å². The normalized spacial score (nSPS) is 17.6. The van der Waals surface area contributed by atoms with Crippen LogP contribution in [0.4, 0.5) is 0 Å². The molecule has 0 bridgehead atoms. The number of hydrogen-bond acceptors (Lipinski definition) is 3. The van der Waals surface area contributed by atoms with Crippen molar-refractivity contribution in [2.75, 3.05) is 27.3 Å². The molecule has 1 aliphatic heterocycles. The summed E-state index contributed by atoms with van der Waals surface area (Å²) in [6.07, 6.45) is 2.54. The Kier molecular flexibility index (Phi) is 6.26. The van der Waals surface area contributed by atoms with Crippen LogP contribution in [0.2, 0.25) is 0 Å². The fourth-order valence-corrected chi connectivity index (χ4v) is 2.90. The van der Waals surface area contributed by atoms with Crippen molar-refractivity contribution in [2.24, 2.45) is 0 Å². The predicted molar refractivity (Wildman–Crippen MR) is 91.7 cm³/mol. The minimum Gasteiger partial charge on any atom is -0.496 e. The molecule has 1 aromatic rings. The highest BCUT2D eigenvalue weighted by molar-refractivity contribution is 9.10. The fourth-order valence-electron chi connectivity index (χ4n) is 2.34. The minimum absolute atomic E-state index is 0.289. The van der Waals surface area contributed by atoms with Crippen LogP contribution in [0.1, 0.15) is 18.4 Å². The van der Waals surface area contributed by atoms with E-state index in [2.05, 4.69) is 27.3 Å². The Morgan fingerprint density at radius 3 is 3.05 bits per heavy atom. The second-order valence-electron chi connectivity index (χ2n) is 5.13. The molecule has 1 heterocycles. The van der Waals surface area contributed by atoms with Gasteiger partial charge in [-0.1, -0.05) is 15.9 Å². The number of nitrogens with one attached hydrogen (secondary N) is 1. The zero-order valence-electron chi connectivity index (χ0n) is 12.4. The number of rotatable bonds is 5. The summed E-state index contributed by atoms with van der Waals surface area (Å²) in [6, 6.07) is 5.98. The highest BCUT2D eigenvalue weighted by Gasteiger charge is 2.16. The number of nitrogens with zero attached hydrogens (tertiary/aromatic N) is 1. The molecule has 116 valence electrons. The van der Waals surface area contributed by atoms with Crippen LogP contribution in [0.5, 0.6) is 5.75 Å². The zero-order chi connectivity index (χ0) is 15.2. The summed E-state index contributed by atoms with van der Waals surface area (Å²) in [6.45, 7) is 2.34. The van der Waals surface area contributed by atoms with E-state index in [0.29, 0.717) is 6.54 Å². The Labute approximate surface area is 139 Å². The van der Waals surface area contributed by atoms with Gasteiger partial charge in [-0.25, -0.2) is 0 Å². The molecule has 1 aliphatic rings. The van der Waals surface area contributed by atoms with Crippen molar-refractivity contribution < 1.29 is 9.47 Å². The maximum atomic E-state index is 5.59. The van der Waals surface area contributed by atoms with E-state index < -0.39 is 0 Å². The minimum atomic E-state index is 0.289. The number of hydrogen-bond donors (Lipinski definition) is 1. The molecular weight excluding hydrogens is 352 g/mol. The number of thiocarbonyl (C=S) groups is 1. The van der Waals surface area contributed by atoms with Gasteiger partial charge in [0.05, 0.1) is 13.2 Å². The summed E-state index contributed by atoms with van der Waals surface area (Å²) in [5.74, 6) is 0.868. The first-order valence-electron chi connectivity index (χ1n) is 7.03. The van der Waals surface area contributed by atoms with Crippen molar-refractivity contribution in [1.82, 2.24) is 10.2 Å². The second kappa shape index (κ2) is 7.96. The van der Waals surface area contributed by atoms with E-state index in [9.17, 15) is 0 Å². The van der Waals surface area contributed by atoms with E-state index in [1.807, 2.05) is 24.1 Å². The summed E-state index contributed by atoms with van der Waals surface area (Å²) in [4.78, 5) is 2.01. The van der Waals surface area contributed by atoms with Crippen molar-refractivity contribution in [3.8, 4) is 5.75 Å². The summed E-state index contributed by atoms with van der Waals surface area (Å²) < 4.78 is 12.0.